The first-order valence-corrected chi connectivity index (χ1v) is 6.49. The number of aromatic nitrogens is 2. The van der Waals surface area contributed by atoms with Gasteiger partial charge in [0.15, 0.2) is 0 Å². The molecule has 2 rings (SSSR count). The molecule has 2 heterocycles. The van der Waals surface area contributed by atoms with E-state index < -0.39 is 18.1 Å². The van der Waals surface area contributed by atoms with Crippen molar-refractivity contribution in [1.82, 2.24) is 14.9 Å². The number of carbonyl (C=O) groups is 2. The fourth-order valence-electron chi connectivity index (χ4n) is 2.10. The summed E-state index contributed by atoms with van der Waals surface area (Å²) in [4.78, 5) is 31.6. The van der Waals surface area contributed by atoms with Crippen molar-refractivity contribution in [2.45, 2.75) is 38.4 Å². The minimum atomic E-state index is -0.652. The van der Waals surface area contributed by atoms with E-state index in [1.807, 2.05) is 10.8 Å². The van der Waals surface area contributed by atoms with E-state index in [-0.39, 0.29) is 5.91 Å². The average Bonchev–Trinajstić information content (AvgIpc) is 3.09. The summed E-state index contributed by atoms with van der Waals surface area (Å²) in [6.07, 6.45) is 6.73. The van der Waals surface area contributed by atoms with E-state index in [0.717, 1.165) is 12.1 Å². The van der Waals surface area contributed by atoms with Crippen molar-refractivity contribution in [3.05, 3.63) is 18.7 Å². The molecule has 20 heavy (non-hydrogen) atoms. The molecule has 0 saturated heterocycles. The molecular formula is C13H18N4O3. The number of aliphatic imine (C=N–C) groups is 1. The third kappa shape index (κ3) is 3.43. The summed E-state index contributed by atoms with van der Waals surface area (Å²) in [5.41, 5.74) is 0.967. The fourth-order valence-corrected chi connectivity index (χ4v) is 2.10. The van der Waals surface area contributed by atoms with E-state index in [2.05, 4.69) is 20.0 Å². The van der Waals surface area contributed by atoms with E-state index in [1.54, 1.807) is 19.4 Å². The Morgan fingerprint density at radius 1 is 1.60 bits per heavy atom. The number of amides is 1. The zero-order chi connectivity index (χ0) is 14.5. The Morgan fingerprint density at radius 2 is 2.40 bits per heavy atom. The SMILES string of the molecule is COC(=O)C(C)NC(=O)C1CCC(Cn2ccnc2)=N1. The quantitative estimate of drug-likeness (QED) is 0.778. The predicted octanol–water partition coefficient (Wildman–Crippen LogP) is 0.164. The lowest BCUT2D eigenvalue weighted by atomic mass is 10.1. The van der Waals surface area contributed by atoms with Crippen molar-refractivity contribution in [2.24, 2.45) is 4.99 Å². The lowest BCUT2D eigenvalue weighted by Gasteiger charge is -2.13. The van der Waals surface area contributed by atoms with Gasteiger partial charge in [-0.05, 0) is 19.8 Å². The van der Waals surface area contributed by atoms with Crippen molar-refractivity contribution in [3.63, 3.8) is 0 Å². The van der Waals surface area contributed by atoms with Gasteiger partial charge >= 0.3 is 5.97 Å². The smallest absolute Gasteiger partial charge is 0.328 e. The van der Waals surface area contributed by atoms with Gasteiger partial charge in [-0.2, -0.15) is 0 Å². The van der Waals surface area contributed by atoms with Crippen LogP contribution >= 0.6 is 0 Å². The normalized spacial score (nSPS) is 19.3. The predicted molar refractivity (Wildman–Crippen MR) is 72.3 cm³/mol. The number of hydrogen-bond acceptors (Lipinski definition) is 5. The van der Waals surface area contributed by atoms with Crippen LogP contribution in [-0.2, 0) is 20.9 Å². The average molecular weight is 278 g/mol. The molecule has 2 unspecified atom stereocenters. The van der Waals surface area contributed by atoms with Crippen LogP contribution in [0.15, 0.2) is 23.7 Å². The van der Waals surface area contributed by atoms with Crippen molar-refractivity contribution in [2.75, 3.05) is 7.11 Å². The van der Waals surface area contributed by atoms with E-state index in [9.17, 15) is 9.59 Å². The molecule has 1 aromatic heterocycles. The Labute approximate surface area is 117 Å². The summed E-state index contributed by atoms with van der Waals surface area (Å²) in [6.45, 7) is 2.24. The topological polar surface area (TPSA) is 85.6 Å². The molecule has 7 nitrogen and oxygen atoms in total. The van der Waals surface area contributed by atoms with Crippen molar-refractivity contribution in [1.29, 1.82) is 0 Å². The monoisotopic (exact) mass is 278 g/mol. The maximum atomic E-state index is 12.0. The van der Waals surface area contributed by atoms with Crippen molar-refractivity contribution >= 4 is 17.6 Å². The third-order valence-electron chi connectivity index (χ3n) is 3.19. The Balaban J connectivity index is 1.89. The van der Waals surface area contributed by atoms with Crippen LogP contribution in [0.3, 0.4) is 0 Å². The van der Waals surface area contributed by atoms with Crippen molar-refractivity contribution < 1.29 is 14.3 Å². The minimum Gasteiger partial charge on any atom is -0.467 e. The summed E-state index contributed by atoms with van der Waals surface area (Å²) in [7, 11) is 1.29. The van der Waals surface area contributed by atoms with Crippen LogP contribution in [-0.4, -0.2) is 46.3 Å². The Bertz CT molecular complexity index is 510. The van der Waals surface area contributed by atoms with Crippen LogP contribution < -0.4 is 5.32 Å². The highest BCUT2D eigenvalue weighted by Crippen LogP contribution is 2.15. The zero-order valence-electron chi connectivity index (χ0n) is 11.6. The summed E-state index contributed by atoms with van der Waals surface area (Å²) in [6, 6.07) is -1.07. The molecule has 1 N–H and O–H groups in total. The molecule has 0 saturated carbocycles. The maximum Gasteiger partial charge on any atom is 0.328 e. The van der Waals surface area contributed by atoms with Gasteiger partial charge in [-0.25, -0.2) is 9.78 Å². The van der Waals surface area contributed by atoms with Gasteiger partial charge in [0.05, 0.1) is 20.0 Å². The highest BCUT2D eigenvalue weighted by atomic mass is 16.5. The van der Waals surface area contributed by atoms with Gasteiger partial charge in [-0.3, -0.25) is 9.79 Å². The number of esters is 1. The van der Waals surface area contributed by atoms with Gasteiger partial charge in [0.1, 0.15) is 12.1 Å². The number of rotatable bonds is 5. The number of methoxy groups -OCH3 is 1. The summed E-state index contributed by atoms with van der Waals surface area (Å²) >= 11 is 0. The molecule has 7 heteroatoms. The van der Waals surface area contributed by atoms with Gasteiger partial charge in [0, 0.05) is 18.1 Å². The largest absolute Gasteiger partial charge is 0.467 e. The number of ether oxygens (including phenoxy) is 1. The molecule has 0 aromatic carbocycles. The van der Waals surface area contributed by atoms with E-state index in [0.29, 0.717) is 13.0 Å². The molecule has 1 aliphatic heterocycles. The molecule has 0 radical (unpaired) electrons. The lowest BCUT2D eigenvalue weighted by Crippen LogP contribution is -2.43. The zero-order valence-corrected chi connectivity index (χ0v) is 11.6. The molecule has 0 fully saturated rings. The molecular weight excluding hydrogens is 260 g/mol. The van der Waals surface area contributed by atoms with Crippen LogP contribution in [0.4, 0.5) is 0 Å². The maximum absolute atomic E-state index is 12.0. The Hall–Kier alpha value is -2.18. The van der Waals surface area contributed by atoms with Crippen LogP contribution in [0.1, 0.15) is 19.8 Å². The second-order valence-corrected chi connectivity index (χ2v) is 4.74. The highest BCUT2D eigenvalue weighted by Gasteiger charge is 2.26. The van der Waals surface area contributed by atoms with Gasteiger partial charge in [-0.1, -0.05) is 0 Å². The molecule has 0 spiro atoms. The van der Waals surface area contributed by atoms with Gasteiger partial charge in [0.25, 0.3) is 0 Å². The minimum absolute atomic E-state index is 0.233. The van der Waals surface area contributed by atoms with Gasteiger partial charge in [0.2, 0.25) is 5.91 Å². The first kappa shape index (κ1) is 14.2. The summed E-state index contributed by atoms with van der Waals surface area (Å²) < 4.78 is 6.48. The second kappa shape index (κ2) is 6.31. The molecule has 1 aromatic rings. The van der Waals surface area contributed by atoms with Crippen molar-refractivity contribution in [3.8, 4) is 0 Å². The Kier molecular flexibility index (Phi) is 4.49. The fraction of sp³-hybridized carbons (Fsp3) is 0.538. The number of nitrogens with zero attached hydrogens (tertiary/aromatic N) is 3. The number of nitrogens with one attached hydrogen (secondary N) is 1. The first-order chi connectivity index (χ1) is 9.60. The number of hydrogen-bond donors (Lipinski definition) is 1. The molecule has 0 bridgehead atoms. The Morgan fingerprint density at radius 3 is 3.05 bits per heavy atom. The van der Waals surface area contributed by atoms with E-state index in [1.165, 1.54) is 7.11 Å². The van der Waals surface area contributed by atoms with Crippen LogP contribution in [0.2, 0.25) is 0 Å². The van der Waals surface area contributed by atoms with Gasteiger partial charge < -0.3 is 14.6 Å². The van der Waals surface area contributed by atoms with E-state index in [4.69, 9.17) is 0 Å². The lowest BCUT2D eigenvalue weighted by molar-refractivity contribution is -0.144. The van der Waals surface area contributed by atoms with E-state index >= 15 is 0 Å². The molecule has 1 amide bonds. The molecule has 1 aliphatic rings. The molecule has 0 aliphatic carbocycles. The number of carbonyl (C=O) groups excluding carboxylic acids is 2. The first-order valence-electron chi connectivity index (χ1n) is 6.49. The third-order valence-corrected chi connectivity index (χ3v) is 3.19. The standard InChI is InChI=1S/C13H18N4O3/c1-9(13(19)20-2)15-12(18)11-4-3-10(16-11)7-17-6-5-14-8-17/h5-6,8-9,11H,3-4,7H2,1-2H3,(H,15,18). The molecule has 2 atom stereocenters. The molecule has 108 valence electrons. The van der Waals surface area contributed by atoms with Crippen LogP contribution in [0, 0.1) is 0 Å². The van der Waals surface area contributed by atoms with Gasteiger partial charge in [-0.15, -0.1) is 0 Å². The second-order valence-electron chi connectivity index (χ2n) is 4.74. The highest BCUT2D eigenvalue weighted by molar-refractivity contribution is 5.94. The number of imidazole rings is 1. The summed E-state index contributed by atoms with van der Waals surface area (Å²) in [5.74, 6) is -0.692. The summed E-state index contributed by atoms with van der Waals surface area (Å²) in [5, 5.41) is 2.61. The van der Waals surface area contributed by atoms with Crippen LogP contribution in [0.5, 0.6) is 0 Å². The van der Waals surface area contributed by atoms with Crippen LogP contribution in [0.25, 0.3) is 0 Å².